The van der Waals surface area contributed by atoms with Crippen molar-refractivity contribution in [3.8, 4) is 11.3 Å². The lowest BCUT2D eigenvalue weighted by Gasteiger charge is -2.04. The Labute approximate surface area is 141 Å². The van der Waals surface area contributed by atoms with Crippen LogP contribution in [-0.4, -0.2) is 22.0 Å². The molecular weight excluding hydrogens is 332 g/mol. The number of pyridine rings is 1. The fourth-order valence-electron chi connectivity index (χ4n) is 1.87. The molecule has 3 aromatic rings. The highest BCUT2D eigenvalue weighted by Gasteiger charge is 2.15. The molecule has 8 heteroatoms. The summed E-state index contributed by atoms with van der Waals surface area (Å²) >= 11 is 5.82. The normalized spacial score (nSPS) is 10.2. The molecule has 120 valence electrons. The fourth-order valence-corrected chi connectivity index (χ4v) is 2.00. The van der Waals surface area contributed by atoms with Gasteiger partial charge in [-0.25, -0.2) is 0 Å². The first kappa shape index (κ1) is 15.7. The van der Waals surface area contributed by atoms with Crippen LogP contribution in [0.5, 0.6) is 0 Å². The predicted octanol–water partition coefficient (Wildman–Crippen LogP) is 2.46. The lowest BCUT2D eigenvalue weighted by Crippen LogP contribution is -2.42. The van der Waals surface area contributed by atoms with E-state index in [1.165, 1.54) is 18.3 Å². The molecule has 0 saturated heterocycles. The first-order valence-corrected chi connectivity index (χ1v) is 7.25. The first-order chi connectivity index (χ1) is 11.6. The van der Waals surface area contributed by atoms with Gasteiger partial charge in [-0.2, -0.15) is 0 Å². The molecular formula is C16H11ClN4O3. The average molecular weight is 343 g/mol. The van der Waals surface area contributed by atoms with E-state index in [0.29, 0.717) is 10.8 Å². The number of nitrogens with one attached hydrogen (secondary N) is 2. The van der Waals surface area contributed by atoms with Crippen LogP contribution < -0.4 is 10.9 Å². The molecule has 7 nitrogen and oxygen atoms in total. The van der Waals surface area contributed by atoms with Crippen molar-refractivity contribution < 1.29 is 14.1 Å². The van der Waals surface area contributed by atoms with Gasteiger partial charge in [0.15, 0.2) is 11.5 Å². The lowest BCUT2D eigenvalue weighted by molar-refractivity contribution is 0.0839. The van der Waals surface area contributed by atoms with Gasteiger partial charge in [0.05, 0.1) is 0 Å². The second-order valence-corrected chi connectivity index (χ2v) is 5.14. The number of hydrogen-bond acceptors (Lipinski definition) is 5. The van der Waals surface area contributed by atoms with Gasteiger partial charge in [-0.15, -0.1) is 0 Å². The van der Waals surface area contributed by atoms with Gasteiger partial charge in [-0.1, -0.05) is 22.8 Å². The smallest absolute Gasteiger partial charge is 0.291 e. The lowest BCUT2D eigenvalue weighted by atomic mass is 10.1. The maximum Gasteiger partial charge on any atom is 0.291 e. The molecule has 0 bridgehead atoms. The van der Waals surface area contributed by atoms with Gasteiger partial charge in [0.25, 0.3) is 11.8 Å². The Morgan fingerprint density at radius 1 is 0.958 bits per heavy atom. The molecule has 0 aliphatic heterocycles. The van der Waals surface area contributed by atoms with Crippen molar-refractivity contribution in [1.29, 1.82) is 0 Å². The molecule has 2 amide bonds. The minimum Gasteiger partial charge on any atom is -0.355 e. The molecule has 0 atom stereocenters. The highest BCUT2D eigenvalue weighted by Crippen LogP contribution is 2.22. The number of halogens is 1. The number of benzene rings is 1. The molecule has 2 N–H and O–H groups in total. The van der Waals surface area contributed by atoms with E-state index in [-0.39, 0.29) is 11.4 Å². The van der Waals surface area contributed by atoms with Crippen LogP contribution in [0.2, 0.25) is 5.02 Å². The van der Waals surface area contributed by atoms with Gasteiger partial charge in [0.1, 0.15) is 5.69 Å². The van der Waals surface area contributed by atoms with E-state index in [1.54, 1.807) is 36.4 Å². The summed E-state index contributed by atoms with van der Waals surface area (Å²) in [6.45, 7) is 0. The molecule has 0 radical (unpaired) electrons. The topological polar surface area (TPSA) is 97.1 Å². The van der Waals surface area contributed by atoms with E-state index < -0.39 is 11.8 Å². The van der Waals surface area contributed by atoms with Crippen LogP contribution in [-0.2, 0) is 0 Å². The number of carbonyl (C=O) groups is 2. The van der Waals surface area contributed by atoms with Crippen molar-refractivity contribution in [2.45, 2.75) is 0 Å². The molecule has 0 spiro atoms. The number of aromatic nitrogens is 2. The monoisotopic (exact) mass is 342 g/mol. The van der Waals surface area contributed by atoms with Gasteiger partial charge in [-0.3, -0.25) is 25.4 Å². The van der Waals surface area contributed by atoms with Crippen molar-refractivity contribution in [2.75, 3.05) is 0 Å². The summed E-state index contributed by atoms with van der Waals surface area (Å²) in [7, 11) is 0. The zero-order valence-corrected chi connectivity index (χ0v) is 12.9. The van der Waals surface area contributed by atoms with Crippen molar-refractivity contribution in [3.05, 3.63) is 71.1 Å². The molecule has 3 rings (SSSR count). The van der Waals surface area contributed by atoms with E-state index in [9.17, 15) is 9.59 Å². The van der Waals surface area contributed by atoms with Crippen molar-refractivity contribution in [1.82, 2.24) is 21.0 Å². The number of rotatable bonds is 3. The van der Waals surface area contributed by atoms with Crippen LogP contribution in [0.25, 0.3) is 11.3 Å². The number of hydrazine groups is 1. The minimum atomic E-state index is -0.608. The predicted molar refractivity (Wildman–Crippen MR) is 86.1 cm³/mol. The molecule has 2 heterocycles. The van der Waals surface area contributed by atoms with Gasteiger partial charge >= 0.3 is 0 Å². The second-order valence-electron chi connectivity index (χ2n) is 4.71. The number of hydrogen-bond donors (Lipinski definition) is 2. The van der Waals surface area contributed by atoms with Gasteiger partial charge in [0.2, 0.25) is 0 Å². The largest absolute Gasteiger partial charge is 0.355 e. The van der Waals surface area contributed by atoms with Crippen molar-refractivity contribution in [2.24, 2.45) is 0 Å². The number of nitrogens with zero attached hydrogens (tertiary/aromatic N) is 2. The fraction of sp³-hybridized carbons (Fsp3) is 0. The van der Waals surface area contributed by atoms with Crippen LogP contribution in [0, 0.1) is 0 Å². The van der Waals surface area contributed by atoms with E-state index >= 15 is 0 Å². The highest BCUT2D eigenvalue weighted by atomic mass is 35.5. The molecule has 24 heavy (non-hydrogen) atoms. The SMILES string of the molecule is O=C(NNC(=O)c1cc(-c2ccc(Cl)cc2)on1)c1ccccn1. The second kappa shape index (κ2) is 6.93. The van der Waals surface area contributed by atoms with Crippen LogP contribution in [0.1, 0.15) is 21.0 Å². The zero-order chi connectivity index (χ0) is 16.9. The Balaban J connectivity index is 1.64. The van der Waals surface area contributed by atoms with E-state index in [2.05, 4.69) is 21.0 Å². The molecule has 1 aromatic carbocycles. The minimum absolute atomic E-state index is 0.0290. The Morgan fingerprint density at radius 3 is 2.33 bits per heavy atom. The zero-order valence-electron chi connectivity index (χ0n) is 12.2. The van der Waals surface area contributed by atoms with E-state index in [4.69, 9.17) is 16.1 Å². The molecule has 0 unspecified atom stereocenters. The molecule has 0 aliphatic rings. The maximum absolute atomic E-state index is 12.0. The molecule has 0 saturated carbocycles. The highest BCUT2D eigenvalue weighted by molar-refractivity contribution is 6.30. The Bertz CT molecular complexity index is 863. The van der Waals surface area contributed by atoms with Crippen LogP contribution >= 0.6 is 11.6 Å². The summed E-state index contributed by atoms with van der Waals surface area (Å²) in [6, 6.07) is 13.2. The molecule has 0 aliphatic carbocycles. The van der Waals surface area contributed by atoms with Crippen LogP contribution in [0.4, 0.5) is 0 Å². The van der Waals surface area contributed by atoms with Crippen molar-refractivity contribution >= 4 is 23.4 Å². The number of amides is 2. The third-order valence-corrected chi connectivity index (χ3v) is 3.31. The van der Waals surface area contributed by atoms with Crippen LogP contribution in [0.15, 0.2) is 59.3 Å². The van der Waals surface area contributed by atoms with Crippen molar-refractivity contribution in [3.63, 3.8) is 0 Å². The summed E-state index contributed by atoms with van der Waals surface area (Å²) < 4.78 is 5.12. The number of carbonyl (C=O) groups excluding carboxylic acids is 2. The quantitative estimate of drug-likeness (QED) is 0.713. The Kier molecular flexibility index (Phi) is 4.53. The maximum atomic E-state index is 12.0. The summed E-state index contributed by atoms with van der Waals surface area (Å²) in [4.78, 5) is 27.7. The summed E-state index contributed by atoms with van der Waals surface area (Å²) in [6.07, 6.45) is 1.48. The van der Waals surface area contributed by atoms with Crippen LogP contribution in [0.3, 0.4) is 0 Å². The van der Waals surface area contributed by atoms with Gasteiger partial charge in [-0.05, 0) is 36.4 Å². The van der Waals surface area contributed by atoms with Gasteiger partial charge in [0, 0.05) is 22.8 Å². The van der Waals surface area contributed by atoms with Gasteiger partial charge < -0.3 is 4.52 Å². The third kappa shape index (κ3) is 3.58. The molecule has 2 aromatic heterocycles. The molecule has 0 fully saturated rings. The Morgan fingerprint density at radius 2 is 1.67 bits per heavy atom. The summed E-state index contributed by atoms with van der Waals surface area (Å²) in [5.74, 6) is -0.735. The summed E-state index contributed by atoms with van der Waals surface area (Å²) in [5, 5.41) is 4.27. The average Bonchev–Trinajstić information content (AvgIpc) is 3.11. The first-order valence-electron chi connectivity index (χ1n) is 6.88. The Hall–Kier alpha value is -3.19. The van der Waals surface area contributed by atoms with E-state index in [1.807, 2.05) is 0 Å². The summed E-state index contributed by atoms with van der Waals surface area (Å²) in [5.41, 5.74) is 5.44. The van der Waals surface area contributed by atoms with E-state index in [0.717, 1.165) is 5.56 Å². The third-order valence-electron chi connectivity index (χ3n) is 3.06. The standard InChI is InChI=1S/C16H11ClN4O3/c17-11-6-4-10(5-7-11)14-9-13(21-24-14)16(23)20-19-15(22)12-3-1-2-8-18-12/h1-9H,(H,19,22)(H,20,23).